The van der Waals surface area contributed by atoms with Crippen molar-refractivity contribution in [3.05, 3.63) is 53.3 Å². The fourth-order valence-corrected chi connectivity index (χ4v) is 1.62. The largest absolute Gasteiger partial charge is 0.435 e. The van der Waals surface area contributed by atoms with Crippen LogP contribution in [-0.4, -0.2) is 21.5 Å². The van der Waals surface area contributed by atoms with Crippen LogP contribution in [0.5, 0.6) is 0 Å². The van der Waals surface area contributed by atoms with Gasteiger partial charge in [-0.05, 0) is 23.8 Å². The maximum Gasteiger partial charge on any atom is 0.435 e. The predicted molar refractivity (Wildman–Crippen MR) is 66.7 cm³/mol. The number of halogens is 3. The van der Waals surface area contributed by atoms with Crippen molar-refractivity contribution < 1.29 is 18.3 Å². The second kappa shape index (κ2) is 5.80. The van der Waals surface area contributed by atoms with E-state index >= 15 is 0 Å². The third-order valence-electron chi connectivity index (χ3n) is 2.54. The van der Waals surface area contributed by atoms with E-state index in [1.54, 1.807) is 24.3 Å². The summed E-state index contributed by atoms with van der Waals surface area (Å²) in [5, 5.41) is 12.0. The summed E-state index contributed by atoms with van der Waals surface area (Å²) in [6.45, 7) is 0.0407. The number of aliphatic hydroxyl groups excluding tert-OH is 1. The molecular weight excluding hydrogens is 269 g/mol. The van der Waals surface area contributed by atoms with Gasteiger partial charge in [0.15, 0.2) is 5.69 Å². The molecule has 1 heterocycles. The average molecular weight is 280 g/mol. The predicted octanol–water partition coefficient (Wildman–Crippen LogP) is 2.29. The zero-order valence-corrected chi connectivity index (χ0v) is 10.4. The van der Waals surface area contributed by atoms with Crippen molar-refractivity contribution in [1.82, 2.24) is 9.78 Å². The monoisotopic (exact) mass is 280 g/mol. The smallest absolute Gasteiger partial charge is 0.384 e. The molecule has 1 aromatic carbocycles. The summed E-state index contributed by atoms with van der Waals surface area (Å²) in [5.41, 5.74) is 0.651. The highest BCUT2D eigenvalue weighted by Gasteiger charge is 2.33. The molecule has 0 fully saturated rings. The van der Waals surface area contributed by atoms with Gasteiger partial charge < -0.3 is 5.11 Å². The summed E-state index contributed by atoms with van der Waals surface area (Å²) in [4.78, 5) is 0. The lowest BCUT2D eigenvalue weighted by Crippen LogP contribution is -2.08. The van der Waals surface area contributed by atoms with E-state index in [0.29, 0.717) is 0 Å². The number of aromatic nitrogens is 2. The molecule has 0 unspecified atom stereocenters. The van der Waals surface area contributed by atoms with Crippen molar-refractivity contribution in [1.29, 1.82) is 0 Å². The Balaban J connectivity index is 2.08. The molecule has 0 aliphatic heterocycles. The van der Waals surface area contributed by atoms with Gasteiger partial charge in [-0.3, -0.25) is 4.68 Å². The highest BCUT2D eigenvalue weighted by Crippen LogP contribution is 2.27. The van der Waals surface area contributed by atoms with Gasteiger partial charge in [0.25, 0.3) is 0 Å². The third kappa shape index (κ3) is 3.62. The first-order valence-corrected chi connectivity index (χ1v) is 5.78. The first-order chi connectivity index (χ1) is 9.49. The minimum Gasteiger partial charge on any atom is -0.384 e. The molecule has 1 N–H and O–H groups in total. The van der Waals surface area contributed by atoms with Gasteiger partial charge in [0, 0.05) is 11.8 Å². The molecule has 0 spiro atoms. The van der Waals surface area contributed by atoms with E-state index in [1.165, 1.54) is 10.9 Å². The van der Waals surface area contributed by atoms with Crippen LogP contribution < -0.4 is 0 Å². The van der Waals surface area contributed by atoms with Gasteiger partial charge >= 0.3 is 6.18 Å². The van der Waals surface area contributed by atoms with Crippen molar-refractivity contribution in [3.8, 4) is 11.8 Å². The van der Waals surface area contributed by atoms with Crippen LogP contribution in [0.15, 0.2) is 36.5 Å². The Bertz CT molecular complexity index is 633. The highest BCUT2D eigenvalue weighted by molar-refractivity contribution is 5.36. The highest BCUT2D eigenvalue weighted by atomic mass is 19.4. The van der Waals surface area contributed by atoms with E-state index in [0.717, 1.165) is 17.2 Å². The minimum atomic E-state index is -4.42. The van der Waals surface area contributed by atoms with Crippen molar-refractivity contribution in [2.75, 3.05) is 6.61 Å². The topological polar surface area (TPSA) is 38.0 Å². The van der Waals surface area contributed by atoms with E-state index in [2.05, 4.69) is 16.9 Å². The number of rotatable bonds is 2. The van der Waals surface area contributed by atoms with Crippen LogP contribution in [0.25, 0.3) is 0 Å². The first-order valence-electron chi connectivity index (χ1n) is 5.78. The Morgan fingerprint density at radius 3 is 2.40 bits per heavy atom. The molecule has 6 heteroatoms. The normalized spacial score (nSPS) is 11.0. The van der Waals surface area contributed by atoms with Crippen LogP contribution in [0, 0.1) is 11.8 Å². The number of aliphatic hydroxyl groups is 1. The van der Waals surface area contributed by atoms with E-state index in [9.17, 15) is 13.2 Å². The number of alkyl halides is 3. The van der Waals surface area contributed by atoms with Crippen molar-refractivity contribution in [2.45, 2.75) is 12.7 Å². The lowest BCUT2D eigenvalue weighted by atomic mass is 10.1. The van der Waals surface area contributed by atoms with E-state index in [1.807, 2.05) is 0 Å². The Morgan fingerprint density at radius 2 is 1.85 bits per heavy atom. The molecule has 1 aromatic heterocycles. The molecule has 104 valence electrons. The molecule has 0 atom stereocenters. The summed E-state index contributed by atoms with van der Waals surface area (Å²) in [6.07, 6.45) is -3.13. The van der Waals surface area contributed by atoms with Gasteiger partial charge in [-0.1, -0.05) is 24.0 Å². The van der Waals surface area contributed by atoms with Gasteiger partial charge in [0.2, 0.25) is 0 Å². The molecule has 2 rings (SSSR count). The molecular formula is C14H11F3N2O. The average Bonchev–Trinajstić information content (AvgIpc) is 2.86. The van der Waals surface area contributed by atoms with Gasteiger partial charge in [-0.25, -0.2) is 0 Å². The number of hydrogen-bond acceptors (Lipinski definition) is 2. The van der Waals surface area contributed by atoms with Gasteiger partial charge in [-0.15, -0.1) is 0 Å². The van der Waals surface area contributed by atoms with Crippen LogP contribution in [0.4, 0.5) is 13.2 Å². The Kier molecular flexibility index (Phi) is 4.11. The van der Waals surface area contributed by atoms with Crippen molar-refractivity contribution >= 4 is 0 Å². The molecule has 0 radical (unpaired) electrons. The molecule has 3 nitrogen and oxygen atoms in total. The molecule has 2 aromatic rings. The molecule has 20 heavy (non-hydrogen) atoms. The molecule has 0 saturated carbocycles. The summed E-state index contributed by atoms with van der Waals surface area (Å²) in [6, 6.07) is 7.95. The van der Waals surface area contributed by atoms with Crippen molar-refractivity contribution in [2.24, 2.45) is 0 Å². The van der Waals surface area contributed by atoms with Crippen LogP contribution in [0.3, 0.4) is 0 Å². The standard InChI is InChI=1S/C14H11F3N2O/c15-14(16,17)13-7-8-19(18-13)10-12-5-3-11(4-6-12)2-1-9-20/h3-8,20H,9-10H2. The van der Waals surface area contributed by atoms with Crippen LogP contribution >= 0.6 is 0 Å². The Labute approximate surface area is 113 Å². The lowest BCUT2D eigenvalue weighted by Gasteiger charge is -2.03. The zero-order valence-electron chi connectivity index (χ0n) is 10.4. The van der Waals surface area contributed by atoms with E-state index in [4.69, 9.17) is 5.11 Å². The third-order valence-corrected chi connectivity index (χ3v) is 2.54. The molecule has 0 saturated heterocycles. The number of nitrogens with zero attached hydrogens (tertiary/aromatic N) is 2. The summed E-state index contributed by atoms with van der Waals surface area (Å²) >= 11 is 0. The molecule has 0 amide bonds. The van der Waals surface area contributed by atoms with Gasteiger partial charge in [0.05, 0.1) is 6.54 Å². The summed E-state index contributed by atoms with van der Waals surface area (Å²) in [5.74, 6) is 5.25. The fourth-order valence-electron chi connectivity index (χ4n) is 1.62. The second-order valence-electron chi connectivity index (χ2n) is 4.05. The summed E-state index contributed by atoms with van der Waals surface area (Å²) in [7, 11) is 0. The van der Waals surface area contributed by atoms with E-state index in [-0.39, 0.29) is 13.2 Å². The fraction of sp³-hybridized carbons (Fsp3) is 0.214. The van der Waals surface area contributed by atoms with E-state index < -0.39 is 11.9 Å². The second-order valence-corrected chi connectivity index (χ2v) is 4.05. The van der Waals surface area contributed by atoms with Crippen LogP contribution in [0.1, 0.15) is 16.8 Å². The first kappa shape index (κ1) is 14.2. The molecule has 0 bridgehead atoms. The quantitative estimate of drug-likeness (QED) is 0.857. The van der Waals surface area contributed by atoms with Gasteiger partial charge in [-0.2, -0.15) is 18.3 Å². The SMILES string of the molecule is OCC#Cc1ccc(Cn2ccc(C(F)(F)F)n2)cc1. The number of benzene rings is 1. The minimum absolute atomic E-state index is 0.213. The Morgan fingerprint density at radius 1 is 1.15 bits per heavy atom. The van der Waals surface area contributed by atoms with Gasteiger partial charge in [0.1, 0.15) is 6.61 Å². The molecule has 0 aliphatic carbocycles. The molecule has 0 aliphatic rings. The maximum absolute atomic E-state index is 12.4. The van der Waals surface area contributed by atoms with Crippen LogP contribution in [0.2, 0.25) is 0 Å². The Hall–Kier alpha value is -2.26. The maximum atomic E-state index is 12.4. The number of hydrogen-bond donors (Lipinski definition) is 1. The van der Waals surface area contributed by atoms with Crippen LogP contribution in [-0.2, 0) is 12.7 Å². The zero-order chi connectivity index (χ0) is 14.6. The van der Waals surface area contributed by atoms with Crippen molar-refractivity contribution in [3.63, 3.8) is 0 Å². The lowest BCUT2D eigenvalue weighted by molar-refractivity contribution is -0.141. The summed E-state index contributed by atoms with van der Waals surface area (Å²) < 4.78 is 38.4.